The fraction of sp³-hybridized carbons (Fsp3) is 0.462. The van der Waals surface area contributed by atoms with E-state index in [-0.39, 0.29) is 0 Å². The molecule has 1 aromatic carbocycles. The molecule has 3 N–H and O–H groups in total. The lowest BCUT2D eigenvalue weighted by atomic mass is 10.1. The van der Waals surface area contributed by atoms with Crippen LogP contribution in [0.5, 0.6) is 0 Å². The third-order valence-electron chi connectivity index (χ3n) is 3.50. The Morgan fingerprint density at radius 1 is 1.59 bits per heavy atom. The minimum atomic E-state index is 0.380. The Morgan fingerprint density at radius 2 is 2.24 bits per heavy atom. The third-order valence-corrected chi connectivity index (χ3v) is 3.96. The van der Waals surface area contributed by atoms with Gasteiger partial charge in [-0.3, -0.25) is 0 Å². The van der Waals surface area contributed by atoms with Gasteiger partial charge >= 0.3 is 0 Å². The van der Waals surface area contributed by atoms with Crippen molar-refractivity contribution in [3.63, 3.8) is 0 Å². The predicted octanol–water partition coefficient (Wildman–Crippen LogP) is 3.43. The summed E-state index contributed by atoms with van der Waals surface area (Å²) in [5, 5.41) is 4.07. The van der Waals surface area contributed by atoms with Crippen LogP contribution in [-0.4, -0.2) is 11.5 Å². The first kappa shape index (κ1) is 12.7. The van der Waals surface area contributed by atoms with Gasteiger partial charge in [0.1, 0.15) is 4.99 Å². The van der Waals surface area contributed by atoms with E-state index < -0.39 is 0 Å². The van der Waals surface area contributed by atoms with E-state index in [9.17, 15) is 0 Å². The molecule has 1 saturated carbocycles. The van der Waals surface area contributed by atoms with Gasteiger partial charge in [-0.2, -0.15) is 0 Å². The molecule has 17 heavy (non-hydrogen) atoms. The van der Waals surface area contributed by atoms with E-state index in [2.05, 4.69) is 19.2 Å². The summed E-state index contributed by atoms with van der Waals surface area (Å²) in [6.07, 6.45) is 1.27. The number of nitrogens with two attached hydrogens (primary N) is 1. The van der Waals surface area contributed by atoms with E-state index in [1.165, 1.54) is 6.42 Å². The summed E-state index contributed by atoms with van der Waals surface area (Å²) in [5.74, 6) is 0.734. The second-order valence-electron chi connectivity index (χ2n) is 5.32. The molecule has 1 unspecified atom stereocenters. The van der Waals surface area contributed by atoms with Gasteiger partial charge in [-0.05, 0) is 36.0 Å². The van der Waals surface area contributed by atoms with E-state index in [0.29, 0.717) is 15.4 Å². The fourth-order valence-electron chi connectivity index (χ4n) is 2.03. The predicted molar refractivity (Wildman–Crippen MR) is 77.7 cm³/mol. The Morgan fingerprint density at radius 3 is 2.76 bits per heavy atom. The average Bonchev–Trinajstić information content (AvgIpc) is 2.84. The molecule has 0 bridgehead atoms. The number of benzene rings is 1. The molecule has 0 spiro atoms. The van der Waals surface area contributed by atoms with Crippen LogP contribution >= 0.6 is 23.8 Å². The lowest BCUT2D eigenvalue weighted by Crippen LogP contribution is -2.15. The summed E-state index contributed by atoms with van der Waals surface area (Å²) in [6, 6.07) is 5.60. The molecule has 1 aliphatic rings. The minimum Gasteiger partial charge on any atom is -0.389 e. The first-order valence-electron chi connectivity index (χ1n) is 5.73. The standard InChI is InChI=1S/C13H17ClN2S/c1-13(2)6-8(13)7-16-11-4-3-9(14)5-10(11)12(15)17/h3-5,8,16H,6-7H2,1-2H3,(H2,15,17). The van der Waals surface area contributed by atoms with Crippen molar-refractivity contribution in [1.29, 1.82) is 0 Å². The van der Waals surface area contributed by atoms with E-state index in [1.54, 1.807) is 0 Å². The molecular formula is C13H17ClN2S. The van der Waals surface area contributed by atoms with Crippen LogP contribution in [0, 0.1) is 11.3 Å². The smallest absolute Gasteiger partial charge is 0.106 e. The van der Waals surface area contributed by atoms with Gasteiger partial charge in [0.15, 0.2) is 0 Å². The van der Waals surface area contributed by atoms with Crippen molar-refractivity contribution in [3.8, 4) is 0 Å². The SMILES string of the molecule is CC1(C)CC1CNc1ccc(Cl)cc1C(N)=S. The van der Waals surface area contributed by atoms with Gasteiger partial charge in [0.25, 0.3) is 0 Å². The third kappa shape index (κ3) is 2.90. The van der Waals surface area contributed by atoms with Gasteiger partial charge in [-0.1, -0.05) is 37.7 Å². The zero-order chi connectivity index (χ0) is 12.6. The maximum Gasteiger partial charge on any atom is 0.106 e. The quantitative estimate of drug-likeness (QED) is 0.822. The van der Waals surface area contributed by atoms with Gasteiger partial charge in [0, 0.05) is 22.8 Å². The molecule has 1 fully saturated rings. The molecule has 0 amide bonds. The molecule has 0 radical (unpaired) electrons. The van der Waals surface area contributed by atoms with Crippen molar-refractivity contribution < 1.29 is 0 Å². The Kier molecular flexibility index (Phi) is 3.32. The van der Waals surface area contributed by atoms with Gasteiger partial charge in [-0.25, -0.2) is 0 Å². The van der Waals surface area contributed by atoms with Crippen LogP contribution in [0.25, 0.3) is 0 Å². The van der Waals surface area contributed by atoms with Crippen LogP contribution < -0.4 is 11.1 Å². The highest BCUT2D eigenvalue weighted by Gasteiger charge is 2.44. The number of rotatable bonds is 4. The first-order valence-corrected chi connectivity index (χ1v) is 6.52. The highest BCUT2D eigenvalue weighted by molar-refractivity contribution is 7.80. The fourth-order valence-corrected chi connectivity index (χ4v) is 2.37. The average molecular weight is 269 g/mol. The molecule has 0 heterocycles. The number of halogens is 1. The summed E-state index contributed by atoms with van der Waals surface area (Å²) in [5.41, 5.74) is 7.97. The molecule has 0 aliphatic heterocycles. The van der Waals surface area contributed by atoms with Gasteiger partial charge in [-0.15, -0.1) is 0 Å². The molecule has 2 rings (SSSR count). The molecule has 4 heteroatoms. The number of hydrogen-bond donors (Lipinski definition) is 2. The molecular weight excluding hydrogens is 252 g/mol. The zero-order valence-electron chi connectivity index (χ0n) is 10.1. The molecule has 2 nitrogen and oxygen atoms in total. The molecule has 92 valence electrons. The maximum absolute atomic E-state index is 5.94. The van der Waals surface area contributed by atoms with Crippen LogP contribution in [0.3, 0.4) is 0 Å². The number of nitrogens with one attached hydrogen (secondary N) is 1. The number of thiocarbonyl (C=S) groups is 1. The first-order chi connectivity index (χ1) is 7.90. The highest BCUT2D eigenvalue weighted by atomic mass is 35.5. The lowest BCUT2D eigenvalue weighted by Gasteiger charge is -2.12. The summed E-state index contributed by atoms with van der Waals surface area (Å²) in [6.45, 7) is 5.54. The van der Waals surface area contributed by atoms with E-state index in [0.717, 1.165) is 23.7 Å². The van der Waals surface area contributed by atoms with Crippen molar-refractivity contribution >= 4 is 34.5 Å². The monoisotopic (exact) mass is 268 g/mol. The zero-order valence-corrected chi connectivity index (χ0v) is 11.7. The van der Waals surface area contributed by atoms with E-state index >= 15 is 0 Å². The van der Waals surface area contributed by atoms with Crippen LogP contribution in [0.1, 0.15) is 25.8 Å². The lowest BCUT2D eigenvalue weighted by molar-refractivity contribution is 0.573. The Hall–Kier alpha value is -0.800. The summed E-state index contributed by atoms with van der Waals surface area (Å²) in [7, 11) is 0. The van der Waals surface area contributed by atoms with Crippen LogP contribution in [0.15, 0.2) is 18.2 Å². The molecule has 1 atom stereocenters. The molecule has 0 aromatic heterocycles. The van der Waals surface area contributed by atoms with Crippen molar-refractivity contribution in [3.05, 3.63) is 28.8 Å². The largest absolute Gasteiger partial charge is 0.389 e. The number of anilines is 1. The Labute approximate surface area is 113 Å². The summed E-state index contributed by atoms with van der Waals surface area (Å²) in [4.78, 5) is 0.380. The van der Waals surface area contributed by atoms with Crippen molar-refractivity contribution in [2.45, 2.75) is 20.3 Å². The minimum absolute atomic E-state index is 0.380. The Bertz CT molecular complexity index is 457. The van der Waals surface area contributed by atoms with E-state index in [4.69, 9.17) is 29.6 Å². The molecule has 0 saturated heterocycles. The van der Waals surface area contributed by atoms with Crippen molar-refractivity contribution in [2.75, 3.05) is 11.9 Å². The van der Waals surface area contributed by atoms with Crippen LogP contribution in [-0.2, 0) is 0 Å². The Balaban J connectivity index is 2.08. The van der Waals surface area contributed by atoms with Crippen molar-refractivity contribution in [2.24, 2.45) is 17.1 Å². The van der Waals surface area contributed by atoms with Crippen LogP contribution in [0.2, 0.25) is 5.02 Å². The van der Waals surface area contributed by atoms with Crippen LogP contribution in [0.4, 0.5) is 5.69 Å². The topological polar surface area (TPSA) is 38.0 Å². The van der Waals surface area contributed by atoms with Gasteiger partial charge in [0.2, 0.25) is 0 Å². The van der Waals surface area contributed by atoms with E-state index in [1.807, 2.05) is 18.2 Å². The van der Waals surface area contributed by atoms with Crippen molar-refractivity contribution in [1.82, 2.24) is 0 Å². The summed E-state index contributed by atoms with van der Waals surface area (Å²) < 4.78 is 0. The van der Waals surface area contributed by atoms with Gasteiger partial charge in [0.05, 0.1) is 0 Å². The van der Waals surface area contributed by atoms with Gasteiger partial charge < -0.3 is 11.1 Å². The molecule has 1 aromatic rings. The second kappa shape index (κ2) is 4.46. The maximum atomic E-state index is 5.94. The normalized spacial score (nSPS) is 21.0. The molecule has 1 aliphatic carbocycles. The highest BCUT2D eigenvalue weighted by Crippen LogP contribution is 2.51. The number of hydrogen-bond acceptors (Lipinski definition) is 2. The summed E-state index contributed by atoms with van der Waals surface area (Å²) >= 11 is 11.0. The second-order valence-corrected chi connectivity index (χ2v) is 6.20.